The molecule has 530 valence electrons. The van der Waals surface area contributed by atoms with E-state index in [4.69, 9.17) is 0 Å². The molecule has 0 aromatic rings. The van der Waals surface area contributed by atoms with E-state index in [0.717, 1.165) is 0 Å². The summed E-state index contributed by atoms with van der Waals surface area (Å²) in [6.45, 7) is 91.3. The van der Waals surface area contributed by atoms with Gasteiger partial charge in [-0.15, -0.1) is 0 Å². The summed E-state index contributed by atoms with van der Waals surface area (Å²) in [5.74, 6) is 0. The van der Waals surface area contributed by atoms with Crippen LogP contribution in [0.3, 0.4) is 0 Å². The highest BCUT2D eigenvalue weighted by molar-refractivity contribution is 4.65. The smallest absolute Gasteiger partial charge is 0.0901 e. The average Bonchev–Trinajstić information content (AvgIpc) is 3.60. The maximum Gasteiger partial charge on any atom is 0.0901 e. The molecule has 0 heterocycles. The Morgan fingerprint density at radius 1 is 0.114 bits per heavy atom. The van der Waals surface area contributed by atoms with Gasteiger partial charge in [0.15, 0.2) is 0 Å². The first kappa shape index (κ1) is 87.4. The molecule has 0 saturated carbocycles. The predicted molar refractivity (Wildman–Crippen MR) is 389 cm³/mol. The molecule has 0 aromatic heterocycles. The van der Waals surface area contributed by atoms with Crippen molar-refractivity contribution in [3.8, 4) is 0 Å². The van der Waals surface area contributed by atoms with Crippen molar-refractivity contribution in [3.63, 3.8) is 0 Å². The molecule has 0 aliphatic carbocycles. The molecule has 0 amide bonds. The first-order valence-corrected chi connectivity index (χ1v) is 39.9. The minimum absolute atomic E-state index is 1.22. The third-order valence-corrected chi connectivity index (χ3v) is 19.3. The van der Waals surface area contributed by atoms with Crippen LogP contribution in [0.4, 0.5) is 0 Å². The Kier molecular flexibility index (Phi) is 63.4. The second-order valence-corrected chi connectivity index (χ2v) is 27.9. The highest BCUT2D eigenvalue weighted by atomic mass is 15.3. The summed E-state index contributed by atoms with van der Waals surface area (Å²) in [5.41, 5.74) is 0. The fourth-order valence-electron chi connectivity index (χ4n) is 14.4. The Bertz CT molecular complexity index is 1300. The molecule has 0 aliphatic rings. The van der Waals surface area contributed by atoms with Crippen LogP contribution in [0.1, 0.15) is 214 Å². The molecular formula is C74H171N14+7. The van der Waals surface area contributed by atoms with Crippen LogP contribution < -0.4 is 34.3 Å². The van der Waals surface area contributed by atoms with E-state index in [1.165, 1.54) is 378 Å². The number of rotatable bonds is 71. The zero-order chi connectivity index (χ0) is 65.1. The first-order chi connectivity index (χ1) is 43.0. The summed E-state index contributed by atoms with van der Waals surface area (Å²) in [4.78, 5) is 33.0. The molecule has 0 fully saturated rings. The molecule has 2 atom stereocenters. The lowest BCUT2D eigenvalue weighted by Crippen LogP contribution is -3.15. The summed E-state index contributed by atoms with van der Waals surface area (Å²) < 4.78 is 0. The van der Waals surface area contributed by atoms with E-state index < -0.39 is 0 Å². The quantitative estimate of drug-likeness (QED) is 0.0504. The van der Waals surface area contributed by atoms with Gasteiger partial charge in [-0.2, -0.15) is 0 Å². The van der Waals surface area contributed by atoms with Gasteiger partial charge in [0.1, 0.15) is 0 Å². The summed E-state index contributed by atoms with van der Waals surface area (Å²) in [5, 5.41) is 0. The Balaban J connectivity index is 7.66. The van der Waals surface area contributed by atoms with Crippen molar-refractivity contribution >= 4 is 0 Å². The maximum atomic E-state index is 3.05. The standard InChI is InChI=1S/C74H164N14/c1-17-33-75(34-18-2)49-56-82(47-31-15)58-65-86(64-55-81(45-29-13)46-30-14)69-73-88(72-68-85(62-53-79(41-25-9)42-26-10)63-54-80(43-27-11)44-28-12)74-71-87(66-59-83(48-32-16)57-50-76(35-19-3)36-20-4)70-67-84(60-51-77(37-21-5)38-22-6)61-52-78(39-23-7)40-24-8/h17-74H2,1-16H3/p+7. The normalized spacial score (nSPS) is 13.4. The summed E-state index contributed by atoms with van der Waals surface area (Å²) in [6.07, 6.45) is 20.3. The van der Waals surface area contributed by atoms with Crippen molar-refractivity contribution in [2.45, 2.75) is 214 Å². The second kappa shape index (κ2) is 63.8. The van der Waals surface area contributed by atoms with E-state index in [2.05, 4.69) is 145 Å². The molecule has 88 heavy (non-hydrogen) atoms. The lowest BCUT2D eigenvalue weighted by atomic mass is 10.3. The summed E-state index contributed by atoms with van der Waals surface area (Å²) in [7, 11) is 0. The van der Waals surface area contributed by atoms with Gasteiger partial charge >= 0.3 is 0 Å². The molecule has 0 saturated heterocycles. The molecule has 7 N–H and O–H groups in total. The Labute approximate surface area is 554 Å². The van der Waals surface area contributed by atoms with Crippen molar-refractivity contribution < 1.29 is 34.3 Å². The summed E-state index contributed by atoms with van der Waals surface area (Å²) >= 11 is 0. The second-order valence-electron chi connectivity index (χ2n) is 27.9. The first-order valence-electron chi connectivity index (χ1n) is 39.9. The molecular weight excluding hydrogens is 1080 g/mol. The van der Waals surface area contributed by atoms with Gasteiger partial charge in [0.2, 0.25) is 0 Å². The molecule has 0 spiro atoms. The van der Waals surface area contributed by atoms with Crippen LogP contribution in [0, 0.1) is 0 Å². The monoisotopic (exact) mass is 1260 g/mol. The highest BCUT2D eigenvalue weighted by Crippen LogP contribution is 1.97. The minimum Gasteiger partial charge on any atom is -0.334 e. The fourth-order valence-corrected chi connectivity index (χ4v) is 14.4. The van der Waals surface area contributed by atoms with E-state index in [1.807, 2.05) is 34.3 Å². The van der Waals surface area contributed by atoms with Gasteiger partial charge in [-0.3, -0.25) is 34.3 Å². The third kappa shape index (κ3) is 48.2. The van der Waals surface area contributed by atoms with Crippen LogP contribution in [-0.4, -0.2) is 309 Å². The van der Waals surface area contributed by atoms with Crippen LogP contribution >= 0.6 is 0 Å². The molecule has 2 unspecified atom stereocenters. The predicted octanol–water partition coefficient (Wildman–Crippen LogP) is 1.85. The van der Waals surface area contributed by atoms with Crippen LogP contribution in [0.5, 0.6) is 0 Å². The summed E-state index contributed by atoms with van der Waals surface area (Å²) in [6, 6.07) is 0. The fraction of sp³-hybridized carbons (Fsp3) is 1.00. The Morgan fingerprint density at radius 3 is 0.307 bits per heavy atom. The van der Waals surface area contributed by atoms with Gasteiger partial charge in [0, 0.05) is 85.1 Å². The van der Waals surface area contributed by atoms with Gasteiger partial charge < -0.3 is 34.3 Å². The van der Waals surface area contributed by atoms with Crippen molar-refractivity contribution in [2.75, 3.05) is 275 Å². The van der Waals surface area contributed by atoms with Gasteiger partial charge in [-0.05, 0) is 155 Å². The number of hydrogen-bond acceptors (Lipinski definition) is 7. The van der Waals surface area contributed by atoms with Crippen molar-refractivity contribution in [3.05, 3.63) is 0 Å². The lowest BCUT2D eigenvalue weighted by Gasteiger charge is -2.33. The van der Waals surface area contributed by atoms with E-state index in [-0.39, 0.29) is 0 Å². The minimum atomic E-state index is 1.22. The third-order valence-electron chi connectivity index (χ3n) is 19.3. The van der Waals surface area contributed by atoms with E-state index in [9.17, 15) is 0 Å². The highest BCUT2D eigenvalue weighted by Gasteiger charge is 2.24. The van der Waals surface area contributed by atoms with E-state index in [1.54, 1.807) is 0 Å². The number of nitrogens with one attached hydrogen (secondary N) is 7. The van der Waals surface area contributed by atoms with Crippen molar-refractivity contribution in [1.29, 1.82) is 0 Å². The van der Waals surface area contributed by atoms with Gasteiger partial charge in [0.25, 0.3) is 0 Å². The largest absolute Gasteiger partial charge is 0.334 e. The molecule has 0 rings (SSSR count). The molecule has 0 aliphatic heterocycles. The van der Waals surface area contributed by atoms with Gasteiger partial charge in [-0.1, -0.05) is 111 Å². The van der Waals surface area contributed by atoms with Crippen LogP contribution in [0.2, 0.25) is 0 Å². The van der Waals surface area contributed by atoms with Crippen molar-refractivity contribution in [1.82, 2.24) is 34.3 Å². The van der Waals surface area contributed by atoms with Crippen LogP contribution in [-0.2, 0) is 0 Å². The molecule has 0 aromatic carbocycles. The average molecular weight is 1260 g/mol. The molecule has 0 bridgehead atoms. The van der Waals surface area contributed by atoms with Gasteiger partial charge in [0.05, 0.1) is 137 Å². The molecule has 14 nitrogen and oxygen atoms in total. The Hall–Kier alpha value is -0.560. The zero-order valence-corrected chi connectivity index (χ0v) is 63.6. The lowest BCUT2D eigenvalue weighted by molar-refractivity contribution is -0.906. The topological polar surface area (TPSA) is 53.8 Å². The van der Waals surface area contributed by atoms with Crippen molar-refractivity contribution in [2.24, 2.45) is 0 Å². The maximum absolute atomic E-state index is 3.05. The molecule has 14 heteroatoms. The Morgan fingerprint density at radius 2 is 0.205 bits per heavy atom. The number of nitrogens with zero attached hydrogens (tertiary/aromatic N) is 7. The molecule has 0 radical (unpaired) electrons. The number of hydrogen-bond donors (Lipinski definition) is 7. The SMILES string of the molecule is CCCN(CCC)CC[NH+](CCN(CCC)CCC)CCN(CC[NH+](CCN(CCC)CCC)CCN(CCC)CC[NH+](CCC)CCC)CC[NH+](CCN(CCC)CC[NH+](CCC)CCC)CCN(CC[NH+](CCC)CCC)CC[NH+](CCC)CCC. The van der Waals surface area contributed by atoms with Crippen LogP contribution in [0.15, 0.2) is 0 Å². The zero-order valence-electron chi connectivity index (χ0n) is 63.6. The number of quaternary nitrogens is 7. The van der Waals surface area contributed by atoms with Gasteiger partial charge in [-0.25, -0.2) is 0 Å². The van der Waals surface area contributed by atoms with E-state index in [0.29, 0.717) is 0 Å². The van der Waals surface area contributed by atoms with Crippen LogP contribution in [0.25, 0.3) is 0 Å². The van der Waals surface area contributed by atoms with E-state index >= 15 is 0 Å².